The minimum atomic E-state index is -0.224. The zero-order valence-corrected chi connectivity index (χ0v) is 13.9. The van der Waals surface area contributed by atoms with Gasteiger partial charge in [0, 0.05) is 11.1 Å². The van der Waals surface area contributed by atoms with E-state index in [9.17, 15) is 4.79 Å². The molecule has 25 heavy (non-hydrogen) atoms. The van der Waals surface area contributed by atoms with E-state index in [1.807, 2.05) is 24.3 Å². The van der Waals surface area contributed by atoms with E-state index < -0.39 is 0 Å². The fraction of sp³-hybridized carbons (Fsp3) is 0.167. The van der Waals surface area contributed by atoms with Crippen molar-refractivity contribution in [1.29, 1.82) is 0 Å². The maximum absolute atomic E-state index is 12.1. The first-order valence-electron chi connectivity index (χ1n) is 7.59. The van der Waals surface area contributed by atoms with E-state index in [4.69, 9.17) is 14.0 Å². The Balaban J connectivity index is 1.61. The lowest BCUT2D eigenvalue weighted by molar-refractivity contribution is 0.0949. The first-order valence-corrected chi connectivity index (χ1v) is 7.59. The van der Waals surface area contributed by atoms with Crippen LogP contribution in [0.1, 0.15) is 16.2 Å². The number of aromatic nitrogens is 2. The molecule has 0 bridgehead atoms. The Morgan fingerprint density at radius 2 is 1.60 bits per heavy atom. The van der Waals surface area contributed by atoms with E-state index in [2.05, 4.69) is 15.5 Å². The molecule has 3 aromatic rings. The van der Waals surface area contributed by atoms with Crippen molar-refractivity contribution >= 4 is 5.91 Å². The van der Waals surface area contributed by atoms with Gasteiger partial charge in [0.15, 0.2) is 5.82 Å². The highest BCUT2D eigenvalue weighted by Crippen LogP contribution is 2.20. The summed E-state index contributed by atoms with van der Waals surface area (Å²) in [7, 11) is 3.18. The third-order valence-electron chi connectivity index (χ3n) is 3.56. The fourth-order valence-corrected chi connectivity index (χ4v) is 2.18. The van der Waals surface area contributed by atoms with Crippen LogP contribution in [0.25, 0.3) is 11.5 Å². The number of rotatable bonds is 6. The monoisotopic (exact) mass is 339 g/mol. The topological polar surface area (TPSA) is 86.5 Å². The molecule has 0 saturated carbocycles. The van der Waals surface area contributed by atoms with Gasteiger partial charge in [-0.3, -0.25) is 4.79 Å². The Morgan fingerprint density at radius 1 is 1.00 bits per heavy atom. The SMILES string of the molecule is COc1ccc(C(=O)NCc2noc(-c3ccc(OC)cc3)n2)cc1. The minimum Gasteiger partial charge on any atom is -0.497 e. The number of hydrogen-bond donors (Lipinski definition) is 1. The number of carbonyl (C=O) groups excluding carboxylic acids is 1. The third kappa shape index (κ3) is 3.95. The summed E-state index contributed by atoms with van der Waals surface area (Å²) < 4.78 is 15.4. The molecule has 128 valence electrons. The first kappa shape index (κ1) is 16.5. The summed E-state index contributed by atoms with van der Waals surface area (Å²) in [4.78, 5) is 16.4. The molecule has 2 aromatic carbocycles. The van der Waals surface area contributed by atoms with Gasteiger partial charge in [0.1, 0.15) is 11.5 Å². The summed E-state index contributed by atoms with van der Waals surface area (Å²) in [5, 5.41) is 6.63. The van der Waals surface area contributed by atoms with E-state index in [0.717, 1.165) is 11.3 Å². The second kappa shape index (κ2) is 7.48. The number of amides is 1. The number of methoxy groups -OCH3 is 2. The molecule has 0 aliphatic heterocycles. The number of ether oxygens (including phenoxy) is 2. The van der Waals surface area contributed by atoms with E-state index in [1.165, 1.54) is 0 Å². The van der Waals surface area contributed by atoms with E-state index >= 15 is 0 Å². The largest absolute Gasteiger partial charge is 0.497 e. The van der Waals surface area contributed by atoms with Crippen molar-refractivity contribution in [3.8, 4) is 23.0 Å². The average Bonchev–Trinajstić information content (AvgIpc) is 3.15. The summed E-state index contributed by atoms with van der Waals surface area (Å²) in [5.74, 6) is 2.00. The highest BCUT2D eigenvalue weighted by Gasteiger charge is 2.11. The van der Waals surface area contributed by atoms with Crippen molar-refractivity contribution in [2.24, 2.45) is 0 Å². The highest BCUT2D eigenvalue weighted by atomic mass is 16.5. The summed E-state index contributed by atoms with van der Waals surface area (Å²) in [6, 6.07) is 14.1. The molecule has 1 N–H and O–H groups in total. The Bertz CT molecular complexity index is 842. The van der Waals surface area contributed by atoms with Gasteiger partial charge in [-0.1, -0.05) is 5.16 Å². The third-order valence-corrected chi connectivity index (χ3v) is 3.56. The molecule has 0 aliphatic rings. The molecule has 0 saturated heterocycles. The molecule has 3 rings (SSSR count). The van der Waals surface area contributed by atoms with Gasteiger partial charge in [0.2, 0.25) is 0 Å². The molecule has 7 heteroatoms. The predicted molar refractivity (Wildman–Crippen MR) is 90.5 cm³/mol. The van der Waals surface area contributed by atoms with E-state index in [1.54, 1.807) is 38.5 Å². The molecule has 1 amide bonds. The molecular formula is C18H17N3O4. The van der Waals surface area contributed by atoms with Crippen molar-refractivity contribution in [1.82, 2.24) is 15.5 Å². The van der Waals surface area contributed by atoms with Gasteiger partial charge in [-0.15, -0.1) is 0 Å². The van der Waals surface area contributed by atoms with E-state index in [-0.39, 0.29) is 12.5 Å². The zero-order chi connectivity index (χ0) is 17.6. The van der Waals surface area contributed by atoms with Crippen molar-refractivity contribution < 1.29 is 18.8 Å². The summed E-state index contributed by atoms with van der Waals surface area (Å²) in [5.41, 5.74) is 1.31. The van der Waals surface area contributed by atoms with Gasteiger partial charge in [0.05, 0.1) is 20.8 Å². The Hall–Kier alpha value is -3.35. The number of hydrogen-bond acceptors (Lipinski definition) is 6. The Kier molecular flexibility index (Phi) is 4.94. The van der Waals surface area contributed by atoms with Crippen molar-refractivity contribution in [2.45, 2.75) is 6.54 Å². The molecule has 0 unspecified atom stereocenters. The lowest BCUT2D eigenvalue weighted by atomic mass is 10.2. The lowest BCUT2D eigenvalue weighted by Gasteiger charge is -2.03. The standard InChI is InChI=1S/C18H17N3O4/c1-23-14-7-3-12(4-8-14)17(22)19-11-16-20-18(25-21-16)13-5-9-15(24-2)10-6-13/h3-10H,11H2,1-2H3,(H,19,22). The van der Waals surface area contributed by atoms with Crippen molar-refractivity contribution in [3.05, 3.63) is 59.9 Å². The summed E-state index contributed by atoms with van der Waals surface area (Å²) in [6.07, 6.45) is 0. The van der Waals surface area contributed by atoms with Crippen LogP contribution in [0.4, 0.5) is 0 Å². The smallest absolute Gasteiger partial charge is 0.257 e. The van der Waals surface area contributed by atoms with Crippen LogP contribution in [0.5, 0.6) is 11.5 Å². The molecule has 0 spiro atoms. The summed E-state index contributed by atoms with van der Waals surface area (Å²) >= 11 is 0. The molecule has 7 nitrogen and oxygen atoms in total. The van der Waals surface area contributed by atoms with E-state index in [0.29, 0.717) is 23.0 Å². The van der Waals surface area contributed by atoms with Crippen LogP contribution < -0.4 is 14.8 Å². The molecule has 0 radical (unpaired) electrons. The first-order chi connectivity index (χ1) is 12.2. The predicted octanol–water partition coefficient (Wildman–Crippen LogP) is 2.68. The van der Waals surface area contributed by atoms with Gasteiger partial charge in [0.25, 0.3) is 11.8 Å². The van der Waals surface area contributed by atoms with Crippen molar-refractivity contribution in [2.75, 3.05) is 14.2 Å². The lowest BCUT2D eigenvalue weighted by Crippen LogP contribution is -2.23. The highest BCUT2D eigenvalue weighted by molar-refractivity contribution is 5.94. The van der Waals surface area contributed by atoms with Gasteiger partial charge >= 0.3 is 0 Å². The maximum atomic E-state index is 12.1. The second-order valence-electron chi connectivity index (χ2n) is 5.16. The fourth-order valence-electron chi connectivity index (χ4n) is 2.18. The minimum absolute atomic E-state index is 0.171. The average molecular weight is 339 g/mol. The molecule has 0 aliphatic carbocycles. The van der Waals surface area contributed by atoms with Crippen LogP contribution in [-0.4, -0.2) is 30.3 Å². The number of benzene rings is 2. The molecule has 0 atom stereocenters. The summed E-state index contributed by atoms with van der Waals surface area (Å²) in [6.45, 7) is 0.171. The van der Waals surface area contributed by atoms with Crippen LogP contribution in [0.3, 0.4) is 0 Å². The van der Waals surface area contributed by atoms with Crippen LogP contribution in [0.15, 0.2) is 53.1 Å². The normalized spacial score (nSPS) is 10.3. The molecule has 0 fully saturated rings. The van der Waals surface area contributed by atoms with Crippen molar-refractivity contribution in [3.63, 3.8) is 0 Å². The number of nitrogens with one attached hydrogen (secondary N) is 1. The maximum Gasteiger partial charge on any atom is 0.257 e. The van der Waals surface area contributed by atoms with Gasteiger partial charge in [-0.05, 0) is 48.5 Å². The van der Waals surface area contributed by atoms with Gasteiger partial charge in [-0.25, -0.2) is 0 Å². The van der Waals surface area contributed by atoms with Gasteiger partial charge < -0.3 is 19.3 Å². The molecule has 1 heterocycles. The van der Waals surface area contributed by atoms with Crippen LogP contribution in [0, 0.1) is 0 Å². The van der Waals surface area contributed by atoms with Crippen LogP contribution in [-0.2, 0) is 6.54 Å². The molecular weight excluding hydrogens is 322 g/mol. The Morgan fingerprint density at radius 3 is 2.20 bits per heavy atom. The number of carbonyl (C=O) groups is 1. The van der Waals surface area contributed by atoms with Crippen LogP contribution >= 0.6 is 0 Å². The molecule has 1 aromatic heterocycles. The Labute approximate surface area is 144 Å². The zero-order valence-electron chi connectivity index (χ0n) is 13.9. The van der Waals surface area contributed by atoms with Gasteiger partial charge in [-0.2, -0.15) is 4.98 Å². The quantitative estimate of drug-likeness (QED) is 0.743. The second-order valence-corrected chi connectivity index (χ2v) is 5.16. The van der Waals surface area contributed by atoms with Crippen LogP contribution in [0.2, 0.25) is 0 Å². The number of nitrogens with zero attached hydrogens (tertiary/aromatic N) is 2.